The van der Waals surface area contributed by atoms with Crippen molar-refractivity contribution in [3.05, 3.63) is 0 Å². The molecule has 0 aliphatic rings. The molecule has 19 heavy (non-hydrogen) atoms. The van der Waals surface area contributed by atoms with Crippen LogP contribution in [0.3, 0.4) is 0 Å². The van der Waals surface area contributed by atoms with Gasteiger partial charge in [-0.25, -0.2) is 13.6 Å². The molecule has 0 aliphatic heterocycles. The number of hydrogen-bond acceptors (Lipinski definition) is 2. The predicted molar refractivity (Wildman–Crippen MR) is 83.7 cm³/mol. The Labute approximate surface area is 120 Å². The van der Waals surface area contributed by atoms with Gasteiger partial charge in [-0.2, -0.15) is 0 Å². The molecular weight excluding hydrogens is 258 g/mol. The fourth-order valence-electron chi connectivity index (χ4n) is 2.32. The van der Waals surface area contributed by atoms with Crippen molar-refractivity contribution in [3.8, 4) is 0 Å². The highest BCUT2D eigenvalue weighted by atomic mass is 32.2. The smallest absolute Gasteiger partial charge is 0.209 e. The first-order chi connectivity index (χ1) is 9.06. The van der Waals surface area contributed by atoms with Gasteiger partial charge in [-0.15, -0.1) is 0 Å². The lowest BCUT2D eigenvalue weighted by Gasteiger charge is -2.02. The Bertz CT molecular complexity index is 276. The molecule has 0 amide bonds. The summed E-state index contributed by atoms with van der Waals surface area (Å²) in [6, 6.07) is 0. The molecule has 116 valence electrons. The molecule has 0 aromatic rings. The van der Waals surface area contributed by atoms with Crippen molar-refractivity contribution < 1.29 is 8.42 Å². The quantitative estimate of drug-likeness (QED) is 0.483. The van der Waals surface area contributed by atoms with Crippen LogP contribution in [0.1, 0.15) is 90.4 Å². The van der Waals surface area contributed by atoms with E-state index < -0.39 is 10.0 Å². The molecule has 0 unspecified atom stereocenters. The van der Waals surface area contributed by atoms with Crippen LogP contribution in [0.15, 0.2) is 0 Å². The lowest BCUT2D eigenvalue weighted by Crippen LogP contribution is -2.16. The van der Waals surface area contributed by atoms with Crippen molar-refractivity contribution in [1.29, 1.82) is 0 Å². The van der Waals surface area contributed by atoms with Gasteiger partial charge in [0.1, 0.15) is 0 Å². The Kier molecular flexibility index (Phi) is 12.9. The summed E-state index contributed by atoms with van der Waals surface area (Å²) in [6.45, 7) is 2.25. The maximum absolute atomic E-state index is 10.7. The normalized spacial score (nSPS) is 11.9. The number of rotatable bonds is 14. The number of hydrogen-bond donors (Lipinski definition) is 1. The largest absolute Gasteiger partial charge is 0.229 e. The van der Waals surface area contributed by atoms with E-state index in [1.54, 1.807) is 0 Å². The average Bonchev–Trinajstić information content (AvgIpc) is 2.34. The fourth-order valence-corrected chi connectivity index (χ4v) is 2.93. The van der Waals surface area contributed by atoms with Crippen LogP contribution in [-0.4, -0.2) is 14.2 Å². The van der Waals surface area contributed by atoms with Gasteiger partial charge in [0.15, 0.2) is 0 Å². The summed E-state index contributed by atoms with van der Waals surface area (Å²) in [4.78, 5) is 0. The minimum Gasteiger partial charge on any atom is -0.229 e. The lowest BCUT2D eigenvalue weighted by atomic mass is 10.1. The second kappa shape index (κ2) is 12.9. The molecule has 0 heterocycles. The van der Waals surface area contributed by atoms with Crippen molar-refractivity contribution in [2.45, 2.75) is 90.4 Å². The first kappa shape index (κ1) is 18.9. The van der Waals surface area contributed by atoms with E-state index >= 15 is 0 Å². The maximum Gasteiger partial charge on any atom is 0.209 e. The van der Waals surface area contributed by atoms with E-state index in [9.17, 15) is 8.42 Å². The third-order valence-electron chi connectivity index (χ3n) is 3.53. The highest BCUT2D eigenvalue weighted by Crippen LogP contribution is 2.12. The van der Waals surface area contributed by atoms with Crippen LogP contribution >= 0.6 is 0 Å². The molecule has 0 rings (SSSR count). The van der Waals surface area contributed by atoms with Crippen molar-refractivity contribution in [2.75, 3.05) is 5.75 Å². The Morgan fingerprint density at radius 3 is 1.26 bits per heavy atom. The highest BCUT2D eigenvalue weighted by molar-refractivity contribution is 7.89. The van der Waals surface area contributed by atoms with Crippen molar-refractivity contribution >= 4 is 10.0 Å². The number of primary sulfonamides is 1. The standard InChI is InChI=1S/C15H33NO2S/c1-2-3-4-5-6-7-8-9-10-11-12-13-14-15-19(16,17)18/h2-15H2,1H3,(H2,16,17,18). The van der Waals surface area contributed by atoms with E-state index in [0.717, 1.165) is 19.3 Å². The molecule has 0 saturated carbocycles. The van der Waals surface area contributed by atoms with Crippen molar-refractivity contribution in [1.82, 2.24) is 0 Å². The number of unbranched alkanes of at least 4 members (excludes halogenated alkanes) is 12. The van der Waals surface area contributed by atoms with Gasteiger partial charge in [0, 0.05) is 0 Å². The zero-order valence-electron chi connectivity index (χ0n) is 12.7. The second-order valence-electron chi connectivity index (χ2n) is 5.61. The van der Waals surface area contributed by atoms with E-state index in [1.165, 1.54) is 64.2 Å². The molecule has 0 aromatic heterocycles. The molecule has 0 bridgehead atoms. The van der Waals surface area contributed by atoms with E-state index in [1.807, 2.05) is 0 Å². The summed E-state index contributed by atoms with van der Waals surface area (Å²) in [5.41, 5.74) is 0. The van der Waals surface area contributed by atoms with Gasteiger partial charge in [0.25, 0.3) is 0 Å². The van der Waals surface area contributed by atoms with Crippen LogP contribution in [0.2, 0.25) is 0 Å². The summed E-state index contributed by atoms with van der Waals surface area (Å²) in [6.07, 6.45) is 16.4. The van der Waals surface area contributed by atoms with Gasteiger partial charge in [0.05, 0.1) is 5.75 Å². The third-order valence-corrected chi connectivity index (χ3v) is 4.39. The van der Waals surface area contributed by atoms with Crippen LogP contribution in [-0.2, 0) is 10.0 Å². The molecule has 2 N–H and O–H groups in total. The molecule has 0 saturated heterocycles. The molecule has 0 aromatic carbocycles. The Balaban J connectivity index is 3.03. The van der Waals surface area contributed by atoms with Gasteiger partial charge >= 0.3 is 0 Å². The van der Waals surface area contributed by atoms with Gasteiger partial charge < -0.3 is 0 Å². The summed E-state index contributed by atoms with van der Waals surface area (Å²) in [5.74, 6) is 0.144. The molecule has 3 nitrogen and oxygen atoms in total. The minimum atomic E-state index is -3.24. The molecule has 4 heteroatoms. The number of sulfonamides is 1. The molecular formula is C15H33NO2S. The summed E-state index contributed by atoms with van der Waals surface area (Å²) >= 11 is 0. The lowest BCUT2D eigenvalue weighted by molar-refractivity contribution is 0.541. The second-order valence-corrected chi connectivity index (χ2v) is 7.34. The van der Waals surface area contributed by atoms with E-state index in [0.29, 0.717) is 0 Å². The van der Waals surface area contributed by atoms with Crippen molar-refractivity contribution in [2.24, 2.45) is 5.14 Å². The molecule has 0 aliphatic carbocycles. The zero-order valence-corrected chi connectivity index (χ0v) is 13.5. The van der Waals surface area contributed by atoms with E-state index in [-0.39, 0.29) is 5.75 Å². The molecule has 0 spiro atoms. The van der Waals surface area contributed by atoms with Crippen LogP contribution < -0.4 is 5.14 Å². The average molecular weight is 292 g/mol. The van der Waals surface area contributed by atoms with E-state index in [2.05, 4.69) is 6.92 Å². The molecule has 0 fully saturated rings. The van der Waals surface area contributed by atoms with Gasteiger partial charge in [0.2, 0.25) is 10.0 Å². The summed E-state index contributed by atoms with van der Waals surface area (Å²) in [7, 11) is -3.24. The minimum absolute atomic E-state index is 0.144. The fraction of sp³-hybridized carbons (Fsp3) is 1.00. The van der Waals surface area contributed by atoms with Crippen LogP contribution in [0.5, 0.6) is 0 Å². The monoisotopic (exact) mass is 291 g/mol. The van der Waals surface area contributed by atoms with E-state index in [4.69, 9.17) is 5.14 Å². The maximum atomic E-state index is 10.7. The third kappa shape index (κ3) is 17.9. The van der Waals surface area contributed by atoms with Crippen LogP contribution in [0, 0.1) is 0 Å². The van der Waals surface area contributed by atoms with Crippen LogP contribution in [0.25, 0.3) is 0 Å². The summed E-state index contributed by atoms with van der Waals surface area (Å²) < 4.78 is 21.4. The first-order valence-electron chi connectivity index (χ1n) is 8.06. The SMILES string of the molecule is CCCCCCCCCCCCCCCS(N)(=O)=O. The zero-order chi connectivity index (χ0) is 14.4. The first-order valence-corrected chi connectivity index (χ1v) is 9.78. The summed E-state index contributed by atoms with van der Waals surface area (Å²) in [5, 5.41) is 4.95. The Morgan fingerprint density at radius 1 is 0.632 bits per heavy atom. The van der Waals surface area contributed by atoms with Gasteiger partial charge in [-0.05, 0) is 6.42 Å². The molecule has 0 radical (unpaired) electrons. The van der Waals surface area contributed by atoms with Crippen LogP contribution in [0.4, 0.5) is 0 Å². The predicted octanol–water partition coefficient (Wildman–Crippen LogP) is 4.37. The van der Waals surface area contributed by atoms with Gasteiger partial charge in [-0.3, -0.25) is 0 Å². The highest BCUT2D eigenvalue weighted by Gasteiger charge is 2.01. The topological polar surface area (TPSA) is 60.2 Å². The Hall–Kier alpha value is -0.0900. The molecule has 0 atom stereocenters. The number of nitrogens with two attached hydrogens (primary N) is 1. The van der Waals surface area contributed by atoms with Gasteiger partial charge in [-0.1, -0.05) is 84.0 Å². The van der Waals surface area contributed by atoms with Crippen molar-refractivity contribution in [3.63, 3.8) is 0 Å². The Morgan fingerprint density at radius 2 is 0.947 bits per heavy atom.